The van der Waals surface area contributed by atoms with Gasteiger partial charge in [-0.2, -0.15) is 0 Å². The third-order valence-electron chi connectivity index (χ3n) is 4.63. The number of allylic oxidation sites excluding steroid dienone is 3. The summed E-state index contributed by atoms with van der Waals surface area (Å²) in [6.07, 6.45) is 9.38. The Morgan fingerprint density at radius 3 is 2.58 bits per heavy atom. The number of likely N-dealkylation sites (tertiary alicyclic amines) is 1. The van der Waals surface area contributed by atoms with E-state index in [1.165, 1.54) is 24.0 Å². The first kappa shape index (κ1) is 18.2. The second-order valence-corrected chi connectivity index (χ2v) is 6.70. The molecule has 0 unspecified atom stereocenters. The standard InChI is InChI=1S/C21H31N3/c1-4-5-6-9-19(22)21(24-12-7-8-13-24)15-20(23)18-14-16(2)10-11-17(18)3/h4,10-11,14-15H,1,5-9,12-13,22-23H2,2-3H3/b20-15-,21-19+. The number of unbranched alkanes of at least 4 members (excludes halogenated alkanes) is 1. The molecule has 0 atom stereocenters. The van der Waals surface area contributed by atoms with Crippen molar-refractivity contribution < 1.29 is 0 Å². The fraction of sp³-hybridized carbons (Fsp3) is 0.429. The van der Waals surface area contributed by atoms with Gasteiger partial charge in [0.25, 0.3) is 0 Å². The molecule has 3 heteroatoms. The van der Waals surface area contributed by atoms with Crippen LogP contribution in [-0.2, 0) is 0 Å². The lowest BCUT2D eigenvalue weighted by Crippen LogP contribution is -2.22. The summed E-state index contributed by atoms with van der Waals surface area (Å²) >= 11 is 0. The third-order valence-corrected chi connectivity index (χ3v) is 4.63. The summed E-state index contributed by atoms with van der Waals surface area (Å²) in [5.74, 6) is 0. The fourth-order valence-electron chi connectivity index (χ4n) is 3.18. The number of hydrogen-bond acceptors (Lipinski definition) is 3. The fourth-order valence-corrected chi connectivity index (χ4v) is 3.18. The minimum atomic E-state index is 0.796. The van der Waals surface area contributed by atoms with E-state index in [4.69, 9.17) is 11.5 Å². The van der Waals surface area contributed by atoms with Gasteiger partial charge in [0.1, 0.15) is 0 Å². The molecule has 0 spiro atoms. The number of rotatable bonds is 7. The van der Waals surface area contributed by atoms with Crippen LogP contribution in [0.3, 0.4) is 0 Å². The van der Waals surface area contributed by atoms with E-state index in [1.54, 1.807) is 0 Å². The number of aryl methyl sites for hydroxylation is 2. The van der Waals surface area contributed by atoms with Crippen LogP contribution in [0, 0.1) is 13.8 Å². The molecule has 1 saturated heterocycles. The molecule has 3 nitrogen and oxygen atoms in total. The SMILES string of the molecule is C=CCCC/C(N)=C(/C=C(\N)c1cc(C)ccc1C)N1CCCC1. The number of benzene rings is 1. The normalized spacial score (nSPS) is 16.2. The molecule has 0 bridgehead atoms. The molecule has 0 aliphatic carbocycles. The Bertz CT molecular complexity index is 634. The van der Waals surface area contributed by atoms with Crippen molar-refractivity contribution in [3.63, 3.8) is 0 Å². The van der Waals surface area contributed by atoms with Crippen molar-refractivity contribution in [2.45, 2.75) is 46.0 Å². The van der Waals surface area contributed by atoms with Crippen molar-refractivity contribution in [2.24, 2.45) is 11.5 Å². The molecular formula is C21H31N3. The van der Waals surface area contributed by atoms with E-state index >= 15 is 0 Å². The van der Waals surface area contributed by atoms with E-state index in [2.05, 4.69) is 49.6 Å². The highest BCUT2D eigenvalue weighted by Crippen LogP contribution is 2.24. The quantitative estimate of drug-likeness (QED) is 0.448. The van der Waals surface area contributed by atoms with Crippen LogP contribution in [0.4, 0.5) is 0 Å². The van der Waals surface area contributed by atoms with Crippen LogP contribution in [0.15, 0.2) is 48.3 Å². The van der Waals surface area contributed by atoms with Gasteiger partial charge in [0.05, 0.1) is 5.70 Å². The molecule has 4 N–H and O–H groups in total. The largest absolute Gasteiger partial charge is 0.400 e. The molecule has 1 fully saturated rings. The van der Waals surface area contributed by atoms with Crippen molar-refractivity contribution in [1.29, 1.82) is 0 Å². The van der Waals surface area contributed by atoms with Gasteiger partial charge >= 0.3 is 0 Å². The molecule has 1 aliphatic heterocycles. The van der Waals surface area contributed by atoms with Crippen LogP contribution in [0.25, 0.3) is 5.70 Å². The number of hydrogen-bond donors (Lipinski definition) is 2. The van der Waals surface area contributed by atoms with Crippen molar-refractivity contribution in [2.75, 3.05) is 13.1 Å². The molecule has 24 heavy (non-hydrogen) atoms. The van der Waals surface area contributed by atoms with Gasteiger partial charge in [0.2, 0.25) is 0 Å². The van der Waals surface area contributed by atoms with Gasteiger partial charge in [0.15, 0.2) is 0 Å². The predicted octanol–water partition coefficient (Wildman–Crippen LogP) is 4.23. The van der Waals surface area contributed by atoms with Gasteiger partial charge in [0, 0.05) is 30.0 Å². The average Bonchev–Trinajstić information content (AvgIpc) is 3.09. The second-order valence-electron chi connectivity index (χ2n) is 6.70. The molecule has 130 valence electrons. The molecule has 0 saturated carbocycles. The molecule has 0 amide bonds. The lowest BCUT2D eigenvalue weighted by molar-refractivity contribution is 0.432. The van der Waals surface area contributed by atoms with Crippen molar-refractivity contribution in [3.8, 4) is 0 Å². The highest BCUT2D eigenvalue weighted by Gasteiger charge is 2.17. The van der Waals surface area contributed by atoms with E-state index in [0.29, 0.717) is 0 Å². The second kappa shape index (κ2) is 8.62. The maximum Gasteiger partial charge on any atom is 0.0577 e. The highest BCUT2D eigenvalue weighted by atomic mass is 15.2. The number of nitrogens with two attached hydrogens (primary N) is 2. The van der Waals surface area contributed by atoms with Crippen molar-refractivity contribution in [3.05, 3.63) is 65.0 Å². The Kier molecular flexibility index (Phi) is 6.53. The van der Waals surface area contributed by atoms with Gasteiger partial charge < -0.3 is 16.4 Å². The zero-order valence-corrected chi connectivity index (χ0v) is 15.1. The molecular weight excluding hydrogens is 294 g/mol. The molecule has 1 heterocycles. The molecule has 0 radical (unpaired) electrons. The first-order valence-corrected chi connectivity index (χ1v) is 8.92. The molecule has 1 aromatic carbocycles. The minimum absolute atomic E-state index is 0.796. The Balaban J connectivity index is 2.33. The Morgan fingerprint density at radius 2 is 1.92 bits per heavy atom. The summed E-state index contributed by atoms with van der Waals surface area (Å²) in [7, 11) is 0. The first-order chi connectivity index (χ1) is 11.5. The molecule has 2 rings (SSSR count). The van der Waals surface area contributed by atoms with Crippen LogP contribution in [0.5, 0.6) is 0 Å². The Labute approximate surface area is 146 Å². The Morgan fingerprint density at radius 1 is 1.21 bits per heavy atom. The topological polar surface area (TPSA) is 55.3 Å². The smallest absolute Gasteiger partial charge is 0.0577 e. The van der Waals surface area contributed by atoms with Crippen LogP contribution in [-0.4, -0.2) is 18.0 Å². The van der Waals surface area contributed by atoms with E-state index in [0.717, 1.165) is 55.0 Å². The summed E-state index contributed by atoms with van der Waals surface area (Å²) in [5.41, 5.74) is 19.2. The van der Waals surface area contributed by atoms with Crippen LogP contribution >= 0.6 is 0 Å². The van der Waals surface area contributed by atoms with Gasteiger partial charge in [-0.1, -0.05) is 23.8 Å². The Hall–Kier alpha value is -2.16. The monoisotopic (exact) mass is 325 g/mol. The van der Waals surface area contributed by atoms with Gasteiger partial charge in [-0.25, -0.2) is 0 Å². The summed E-state index contributed by atoms with van der Waals surface area (Å²) in [6.45, 7) is 10.1. The summed E-state index contributed by atoms with van der Waals surface area (Å²) in [4.78, 5) is 2.38. The predicted molar refractivity (Wildman–Crippen MR) is 104 cm³/mol. The van der Waals surface area contributed by atoms with Crippen LogP contribution in [0.2, 0.25) is 0 Å². The summed E-state index contributed by atoms with van der Waals surface area (Å²) in [5, 5.41) is 0. The van der Waals surface area contributed by atoms with Gasteiger partial charge in [-0.3, -0.25) is 0 Å². The van der Waals surface area contributed by atoms with Crippen LogP contribution in [0.1, 0.15) is 48.8 Å². The molecule has 1 aliphatic rings. The number of nitrogens with zero attached hydrogens (tertiary/aromatic N) is 1. The van der Waals surface area contributed by atoms with Crippen molar-refractivity contribution in [1.82, 2.24) is 4.90 Å². The molecule has 1 aromatic rings. The van der Waals surface area contributed by atoms with E-state index in [-0.39, 0.29) is 0 Å². The van der Waals surface area contributed by atoms with Crippen molar-refractivity contribution >= 4 is 5.70 Å². The minimum Gasteiger partial charge on any atom is -0.400 e. The van der Waals surface area contributed by atoms with Gasteiger partial charge in [-0.05, 0) is 63.7 Å². The summed E-state index contributed by atoms with van der Waals surface area (Å²) < 4.78 is 0. The lowest BCUT2D eigenvalue weighted by atomic mass is 10.0. The maximum atomic E-state index is 6.45. The summed E-state index contributed by atoms with van der Waals surface area (Å²) in [6, 6.07) is 6.39. The van der Waals surface area contributed by atoms with Crippen LogP contribution < -0.4 is 11.5 Å². The van der Waals surface area contributed by atoms with E-state index in [1.807, 2.05) is 6.08 Å². The average molecular weight is 326 g/mol. The highest BCUT2D eigenvalue weighted by molar-refractivity contribution is 5.68. The molecule has 0 aromatic heterocycles. The van der Waals surface area contributed by atoms with E-state index in [9.17, 15) is 0 Å². The zero-order valence-electron chi connectivity index (χ0n) is 15.1. The third kappa shape index (κ3) is 4.67. The lowest BCUT2D eigenvalue weighted by Gasteiger charge is -2.22. The maximum absolute atomic E-state index is 6.45. The first-order valence-electron chi connectivity index (χ1n) is 8.92. The van der Waals surface area contributed by atoms with Gasteiger partial charge in [-0.15, -0.1) is 6.58 Å². The van der Waals surface area contributed by atoms with E-state index < -0.39 is 0 Å². The zero-order chi connectivity index (χ0) is 17.5.